The fourth-order valence-corrected chi connectivity index (χ4v) is 3.30. The highest BCUT2D eigenvalue weighted by atomic mass is 32.2. The SMILES string of the molecule is CCNS(=O)(=O)c1ccc(C(=O)O[C@@H](C)C(=O)NCc2ccc(F)cc2)cc1. The molecule has 2 N–H and O–H groups in total. The minimum atomic E-state index is -3.62. The van der Waals surface area contributed by atoms with Crippen LogP contribution < -0.4 is 10.0 Å². The smallest absolute Gasteiger partial charge is 0.338 e. The van der Waals surface area contributed by atoms with Gasteiger partial charge in [-0.3, -0.25) is 4.79 Å². The van der Waals surface area contributed by atoms with Crippen LogP contribution in [0.1, 0.15) is 29.8 Å². The lowest BCUT2D eigenvalue weighted by Crippen LogP contribution is -2.35. The molecule has 0 heterocycles. The van der Waals surface area contributed by atoms with E-state index >= 15 is 0 Å². The predicted molar refractivity (Wildman–Crippen MR) is 100 cm³/mol. The third-order valence-electron chi connectivity index (χ3n) is 3.77. The Hall–Kier alpha value is -2.78. The maximum Gasteiger partial charge on any atom is 0.338 e. The molecule has 0 radical (unpaired) electrons. The monoisotopic (exact) mass is 408 g/mol. The highest BCUT2D eigenvalue weighted by Gasteiger charge is 2.20. The molecule has 1 amide bonds. The van der Waals surface area contributed by atoms with Crippen molar-refractivity contribution in [1.29, 1.82) is 0 Å². The Bertz CT molecular complexity index is 928. The van der Waals surface area contributed by atoms with Gasteiger partial charge in [-0.25, -0.2) is 22.3 Å². The highest BCUT2D eigenvalue weighted by molar-refractivity contribution is 7.89. The summed E-state index contributed by atoms with van der Waals surface area (Å²) in [7, 11) is -3.62. The van der Waals surface area contributed by atoms with Crippen LogP contribution in [0.4, 0.5) is 4.39 Å². The first-order valence-electron chi connectivity index (χ1n) is 8.56. The lowest BCUT2D eigenvalue weighted by molar-refractivity contribution is -0.129. The number of carbonyl (C=O) groups excluding carboxylic acids is 2. The van der Waals surface area contributed by atoms with Crippen LogP contribution in [-0.4, -0.2) is 32.9 Å². The van der Waals surface area contributed by atoms with Crippen molar-refractivity contribution in [1.82, 2.24) is 10.0 Å². The van der Waals surface area contributed by atoms with Crippen molar-refractivity contribution < 1.29 is 27.1 Å². The van der Waals surface area contributed by atoms with Crippen molar-refractivity contribution in [2.45, 2.75) is 31.4 Å². The van der Waals surface area contributed by atoms with Gasteiger partial charge in [-0.1, -0.05) is 19.1 Å². The van der Waals surface area contributed by atoms with E-state index in [0.29, 0.717) is 5.56 Å². The molecule has 0 aliphatic heterocycles. The Morgan fingerprint density at radius 3 is 2.25 bits per heavy atom. The number of halogens is 1. The van der Waals surface area contributed by atoms with E-state index in [1.54, 1.807) is 6.92 Å². The summed E-state index contributed by atoms with van der Waals surface area (Å²) < 4.78 is 44.1. The van der Waals surface area contributed by atoms with Gasteiger partial charge in [0.15, 0.2) is 6.10 Å². The number of hydrogen-bond donors (Lipinski definition) is 2. The second-order valence-corrected chi connectivity index (χ2v) is 7.68. The third-order valence-corrected chi connectivity index (χ3v) is 5.33. The molecule has 150 valence electrons. The zero-order chi connectivity index (χ0) is 20.7. The topological polar surface area (TPSA) is 102 Å². The molecule has 28 heavy (non-hydrogen) atoms. The summed E-state index contributed by atoms with van der Waals surface area (Å²) in [5, 5.41) is 2.59. The maximum absolute atomic E-state index is 12.9. The van der Waals surface area contributed by atoms with Gasteiger partial charge >= 0.3 is 5.97 Å². The number of benzene rings is 2. The average Bonchev–Trinajstić information content (AvgIpc) is 2.67. The van der Waals surface area contributed by atoms with Gasteiger partial charge in [0.1, 0.15) is 5.82 Å². The molecular formula is C19H21FN2O5S. The molecule has 1 atom stereocenters. The molecule has 7 nitrogen and oxygen atoms in total. The Morgan fingerprint density at radius 2 is 1.68 bits per heavy atom. The summed E-state index contributed by atoms with van der Waals surface area (Å²) in [6.07, 6.45) is -1.06. The summed E-state index contributed by atoms with van der Waals surface area (Å²) in [5.41, 5.74) is 0.819. The average molecular weight is 408 g/mol. The number of sulfonamides is 1. The molecule has 0 saturated carbocycles. The van der Waals surface area contributed by atoms with Crippen LogP contribution in [0.5, 0.6) is 0 Å². The summed E-state index contributed by atoms with van der Waals surface area (Å²) >= 11 is 0. The summed E-state index contributed by atoms with van der Waals surface area (Å²) in [6, 6.07) is 10.8. The Kier molecular flexibility index (Phi) is 7.24. The molecule has 2 aromatic rings. The number of hydrogen-bond acceptors (Lipinski definition) is 5. The summed E-state index contributed by atoms with van der Waals surface area (Å²) in [6.45, 7) is 3.49. The van der Waals surface area contributed by atoms with Crippen LogP contribution in [0.25, 0.3) is 0 Å². The van der Waals surface area contributed by atoms with E-state index in [9.17, 15) is 22.4 Å². The third kappa shape index (κ3) is 5.86. The molecule has 2 rings (SSSR count). The standard InChI is InChI=1S/C19H21FN2O5S/c1-3-22-28(25,26)17-10-6-15(7-11-17)19(24)27-13(2)18(23)21-12-14-4-8-16(20)9-5-14/h4-11,13,22H,3,12H2,1-2H3,(H,21,23)/t13-/m0/s1. The van der Waals surface area contributed by atoms with E-state index in [-0.39, 0.29) is 29.4 Å². The molecular weight excluding hydrogens is 387 g/mol. The van der Waals surface area contributed by atoms with Gasteiger partial charge in [0.25, 0.3) is 5.91 Å². The number of ether oxygens (including phenoxy) is 1. The van der Waals surface area contributed by atoms with Crippen LogP contribution >= 0.6 is 0 Å². The highest BCUT2D eigenvalue weighted by Crippen LogP contribution is 2.12. The first-order chi connectivity index (χ1) is 13.2. The van der Waals surface area contributed by atoms with Crippen molar-refractivity contribution in [2.75, 3.05) is 6.54 Å². The van der Waals surface area contributed by atoms with Gasteiger partial charge in [0, 0.05) is 13.1 Å². The van der Waals surface area contributed by atoms with E-state index in [2.05, 4.69) is 10.0 Å². The quantitative estimate of drug-likeness (QED) is 0.651. The van der Waals surface area contributed by atoms with Crippen LogP contribution in [0.15, 0.2) is 53.4 Å². The van der Waals surface area contributed by atoms with Gasteiger partial charge in [-0.2, -0.15) is 0 Å². The number of esters is 1. The minimum Gasteiger partial charge on any atom is -0.449 e. The van der Waals surface area contributed by atoms with Gasteiger partial charge in [-0.05, 0) is 48.9 Å². The zero-order valence-electron chi connectivity index (χ0n) is 15.4. The molecule has 2 aromatic carbocycles. The first-order valence-corrected chi connectivity index (χ1v) is 10.0. The van der Waals surface area contributed by atoms with Gasteiger partial charge in [0.05, 0.1) is 10.5 Å². The van der Waals surface area contributed by atoms with Crippen molar-refractivity contribution in [3.8, 4) is 0 Å². The van der Waals surface area contributed by atoms with Crippen LogP contribution in [0.3, 0.4) is 0 Å². The molecule has 0 aromatic heterocycles. The lowest BCUT2D eigenvalue weighted by Gasteiger charge is -2.14. The fraction of sp³-hybridized carbons (Fsp3) is 0.263. The Labute approximate surface area is 163 Å². The number of carbonyl (C=O) groups is 2. The summed E-state index contributed by atoms with van der Waals surface area (Å²) in [4.78, 5) is 24.2. The van der Waals surface area contributed by atoms with Gasteiger partial charge in [0.2, 0.25) is 10.0 Å². The molecule has 0 aliphatic rings. The maximum atomic E-state index is 12.9. The summed E-state index contributed by atoms with van der Waals surface area (Å²) in [5.74, 6) is -1.64. The van der Waals surface area contributed by atoms with Crippen molar-refractivity contribution in [3.05, 3.63) is 65.5 Å². The number of nitrogens with one attached hydrogen (secondary N) is 2. The van der Waals surface area contributed by atoms with Crippen LogP contribution in [0.2, 0.25) is 0 Å². The second-order valence-electron chi connectivity index (χ2n) is 5.92. The predicted octanol–water partition coefficient (Wildman–Crippen LogP) is 1.99. The molecule has 0 bridgehead atoms. The van der Waals surface area contributed by atoms with Crippen LogP contribution in [-0.2, 0) is 26.1 Å². The minimum absolute atomic E-state index is 0.0241. The second kappa shape index (κ2) is 9.43. The number of rotatable bonds is 8. The molecule has 0 aliphatic carbocycles. The fourth-order valence-electron chi connectivity index (χ4n) is 2.26. The molecule has 0 unspecified atom stereocenters. The van der Waals surface area contributed by atoms with E-state index in [4.69, 9.17) is 4.74 Å². The molecule has 9 heteroatoms. The van der Waals surface area contributed by atoms with E-state index in [1.807, 2.05) is 0 Å². The van der Waals surface area contributed by atoms with Crippen LogP contribution in [0, 0.1) is 5.82 Å². The first kappa shape index (κ1) is 21.5. The van der Waals surface area contributed by atoms with E-state index in [0.717, 1.165) is 0 Å². The Morgan fingerprint density at radius 1 is 1.07 bits per heavy atom. The molecule has 0 spiro atoms. The van der Waals surface area contributed by atoms with Gasteiger partial charge < -0.3 is 10.1 Å². The zero-order valence-corrected chi connectivity index (χ0v) is 16.3. The van der Waals surface area contributed by atoms with E-state index in [1.165, 1.54) is 55.5 Å². The Balaban J connectivity index is 1.92. The molecule has 0 fully saturated rings. The van der Waals surface area contributed by atoms with Crippen molar-refractivity contribution >= 4 is 21.9 Å². The lowest BCUT2D eigenvalue weighted by atomic mass is 10.2. The molecule has 0 saturated heterocycles. The van der Waals surface area contributed by atoms with Gasteiger partial charge in [-0.15, -0.1) is 0 Å². The van der Waals surface area contributed by atoms with Crippen molar-refractivity contribution in [3.63, 3.8) is 0 Å². The van der Waals surface area contributed by atoms with Crippen molar-refractivity contribution in [2.24, 2.45) is 0 Å². The normalized spacial score (nSPS) is 12.2. The van der Waals surface area contributed by atoms with E-state index < -0.39 is 28.0 Å². The largest absolute Gasteiger partial charge is 0.449 e. The number of amides is 1.